The molecule has 8 aromatic carbocycles. The summed E-state index contributed by atoms with van der Waals surface area (Å²) in [6.07, 6.45) is 0. The normalized spacial score (nSPS) is 11.8. The summed E-state index contributed by atoms with van der Waals surface area (Å²) in [6, 6.07) is 67.2. The summed E-state index contributed by atoms with van der Waals surface area (Å²) in [5, 5.41) is 17.0. The van der Waals surface area contributed by atoms with Crippen LogP contribution in [0.1, 0.15) is 5.56 Å². The molecule has 0 radical (unpaired) electrons. The largest absolute Gasteiger partial charge is 0.309 e. The summed E-state index contributed by atoms with van der Waals surface area (Å²) in [5.74, 6) is 0. The molecule has 11 rings (SSSR count). The van der Waals surface area contributed by atoms with E-state index >= 15 is 0 Å². The summed E-state index contributed by atoms with van der Waals surface area (Å²) in [7, 11) is 0. The third kappa shape index (κ3) is 4.29. The van der Waals surface area contributed by atoms with E-state index in [0.29, 0.717) is 5.56 Å². The predicted molar refractivity (Wildman–Crippen MR) is 220 cm³/mol. The van der Waals surface area contributed by atoms with E-state index in [-0.39, 0.29) is 0 Å². The third-order valence-corrected chi connectivity index (χ3v) is 10.8. The van der Waals surface area contributed by atoms with Gasteiger partial charge in [0, 0.05) is 49.4 Å². The Morgan fingerprint density at radius 1 is 0.321 bits per heavy atom. The van der Waals surface area contributed by atoms with Gasteiger partial charge in [0.15, 0.2) is 0 Å². The van der Waals surface area contributed by atoms with Gasteiger partial charge in [0.2, 0.25) is 0 Å². The molecule has 0 unspecified atom stereocenters. The van der Waals surface area contributed by atoms with Gasteiger partial charge in [-0.05, 0) is 83.9 Å². The molecule has 0 fully saturated rings. The summed E-state index contributed by atoms with van der Waals surface area (Å²) in [5.41, 5.74) is 13.1. The minimum atomic E-state index is 0.649. The van der Waals surface area contributed by atoms with Crippen molar-refractivity contribution in [3.63, 3.8) is 0 Å². The molecule has 0 N–H and O–H groups in total. The number of para-hydroxylation sites is 4. The molecule has 0 aliphatic carbocycles. The van der Waals surface area contributed by atoms with E-state index in [1.807, 2.05) is 12.1 Å². The first-order valence-corrected chi connectivity index (χ1v) is 17.9. The first-order valence-electron chi connectivity index (χ1n) is 17.9. The van der Waals surface area contributed by atoms with Crippen molar-refractivity contribution in [3.8, 4) is 34.3 Å². The lowest BCUT2D eigenvalue weighted by molar-refractivity contribution is 1.15. The average molecular weight is 675 g/mol. The van der Waals surface area contributed by atoms with Gasteiger partial charge in [0.05, 0.1) is 44.7 Å². The van der Waals surface area contributed by atoms with Crippen LogP contribution >= 0.6 is 0 Å². The standard InChI is InChI=1S/C49H30N4/c50-31-32-24-27-47-43(28-32)42-26-25-41-40-20-6-9-23-46(40)52(35-14-2-1-3-15-35)48(41)49(42)53(47)37-17-11-13-34(30-37)33-12-10-16-36(29-33)51-44-21-7-4-18-38(44)39-19-5-8-22-45(39)51/h1-30H. The van der Waals surface area contributed by atoms with E-state index in [1.165, 1.54) is 32.6 Å². The lowest BCUT2D eigenvalue weighted by Crippen LogP contribution is -1.99. The van der Waals surface area contributed by atoms with Gasteiger partial charge in [0.25, 0.3) is 0 Å². The fraction of sp³-hybridized carbons (Fsp3) is 0. The Hall–Kier alpha value is -7.35. The second-order valence-electron chi connectivity index (χ2n) is 13.7. The molecular formula is C49H30N4. The Morgan fingerprint density at radius 2 is 0.774 bits per heavy atom. The quantitative estimate of drug-likeness (QED) is 0.183. The van der Waals surface area contributed by atoms with Crippen molar-refractivity contribution in [1.29, 1.82) is 5.26 Å². The predicted octanol–water partition coefficient (Wildman–Crippen LogP) is 12.5. The highest BCUT2D eigenvalue weighted by molar-refractivity contribution is 6.24. The molecule has 0 spiro atoms. The van der Waals surface area contributed by atoms with Crippen molar-refractivity contribution in [2.45, 2.75) is 0 Å². The van der Waals surface area contributed by atoms with Crippen molar-refractivity contribution >= 4 is 65.4 Å². The van der Waals surface area contributed by atoms with Crippen LogP contribution < -0.4 is 0 Å². The molecule has 53 heavy (non-hydrogen) atoms. The Bertz CT molecular complexity index is 3240. The molecule has 4 heteroatoms. The number of fused-ring (bicyclic) bond motifs is 10. The number of rotatable bonds is 4. The molecule has 0 atom stereocenters. The zero-order chi connectivity index (χ0) is 35.0. The molecule has 3 heterocycles. The molecule has 0 aliphatic rings. The highest BCUT2D eigenvalue weighted by Gasteiger charge is 2.22. The van der Waals surface area contributed by atoms with Gasteiger partial charge in [-0.3, -0.25) is 0 Å². The monoisotopic (exact) mass is 674 g/mol. The Morgan fingerprint density at radius 3 is 1.38 bits per heavy atom. The van der Waals surface area contributed by atoms with E-state index in [9.17, 15) is 5.26 Å². The second-order valence-corrected chi connectivity index (χ2v) is 13.7. The molecule has 0 amide bonds. The molecule has 3 aromatic heterocycles. The Labute approximate surface area is 305 Å². The van der Waals surface area contributed by atoms with Gasteiger partial charge >= 0.3 is 0 Å². The van der Waals surface area contributed by atoms with Crippen LogP contribution in [-0.2, 0) is 0 Å². The van der Waals surface area contributed by atoms with Gasteiger partial charge in [-0.1, -0.05) is 109 Å². The summed E-state index contributed by atoms with van der Waals surface area (Å²) in [6.45, 7) is 0. The fourth-order valence-electron chi connectivity index (χ4n) is 8.58. The van der Waals surface area contributed by atoms with Crippen molar-refractivity contribution in [1.82, 2.24) is 13.7 Å². The van der Waals surface area contributed by atoms with Crippen LogP contribution in [-0.4, -0.2) is 13.7 Å². The van der Waals surface area contributed by atoms with Crippen LogP contribution in [0.25, 0.3) is 93.6 Å². The van der Waals surface area contributed by atoms with Crippen LogP contribution in [0.2, 0.25) is 0 Å². The van der Waals surface area contributed by atoms with Crippen LogP contribution in [0.5, 0.6) is 0 Å². The van der Waals surface area contributed by atoms with Gasteiger partial charge in [-0.2, -0.15) is 5.26 Å². The SMILES string of the molecule is N#Cc1ccc2c(c1)c1ccc3c4ccccc4n(-c4ccccc4)c3c1n2-c1cccc(-c2cccc(-n3c4ccccc4c4ccccc43)c2)c1. The van der Waals surface area contributed by atoms with E-state index in [2.05, 4.69) is 190 Å². The van der Waals surface area contributed by atoms with Gasteiger partial charge < -0.3 is 13.7 Å². The van der Waals surface area contributed by atoms with E-state index in [4.69, 9.17) is 0 Å². The second kappa shape index (κ2) is 11.3. The number of nitriles is 1. The average Bonchev–Trinajstić information content (AvgIpc) is 3.87. The topological polar surface area (TPSA) is 38.6 Å². The number of hydrogen-bond donors (Lipinski definition) is 0. The molecule has 0 bridgehead atoms. The van der Waals surface area contributed by atoms with Crippen molar-refractivity contribution < 1.29 is 0 Å². The molecular weight excluding hydrogens is 645 g/mol. The summed E-state index contributed by atoms with van der Waals surface area (Å²) in [4.78, 5) is 0. The van der Waals surface area contributed by atoms with E-state index in [0.717, 1.165) is 61.0 Å². The van der Waals surface area contributed by atoms with Crippen molar-refractivity contribution in [2.75, 3.05) is 0 Å². The number of nitrogens with zero attached hydrogens (tertiary/aromatic N) is 4. The van der Waals surface area contributed by atoms with Crippen molar-refractivity contribution in [3.05, 3.63) is 188 Å². The molecule has 11 aromatic rings. The minimum Gasteiger partial charge on any atom is -0.309 e. The number of hydrogen-bond acceptors (Lipinski definition) is 1. The minimum absolute atomic E-state index is 0.649. The third-order valence-electron chi connectivity index (χ3n) is 10.8. The fourth-order valence-corrected chi connectivity index (χ4v) is 8.58. The van der Waals surface area contributed by atoms with Gasteiger partial charge in [-0.25, -0.2) is 0 Å². The highest BCUT2D eigenvalue weighted by Crippen LogP contribution is 2.42. The number of benzene rings is 8. The van der Waals surface area contributed by atoms with Crippen LogP contribution in [0, 0.1) is 11.3 Å². The summed E-state index contributed by atoms with van der Waals surface area (Å²) >= 11 is 0. The van der Waals surface area contributed by atoms with Crippen LogP contribution in [0.3, 0.4) is 0 Å². The lowest BCUT2D eigenvalue weighted by Gasteiger charge is -2.14. The first kappa shape index (κ1) is 29.4. The molecule has 246 valence electrons. The smallest absolute Gasteiger partial charge is 0.0991 e. The van der Waals surface area contributed by atoms with Crippen LogP contribution in [0.15, 0.2) is 182 Å². The van der Waals surface area contributed by atoms with Gasteiger partial charge in [0.1, 0.15) is 0 Å². The number of aromatic nitrogens is 3. The van der Waals surface area contributed by atoms with Crippen molar-refractivity contribution in [2.24, 2.45) is 0 Å². The molecule has 4 nitrogen and oxygen atoms in total. The maximum Gasteiger partial charge on any atom is 0.0991 e. The van der Waals surface area contributed by atoms with Gasteiger partial charge in [-0.15, -0.1) is 0 Å². The first-order chi connectivity index (χ1) is 26.3. The zero-order valence-corrected chi connectivity index (χ0v) is 28.6. The molecule has 0 saturated carbocycles. The zero-order valence-electron chi connectivity index (χ0n) is 28.6. The summed E-state index contributed by atoms with van der Waals surface area (Å²) < 4.78 is 7.16. The Kier molecular flexibility index (Phi) is 6.28. The Balaban J connectivity index is 1.19. The van der Waals surface area contributed by atoms with E-state index < -0.39 is 0 Å². The maximum atomic E-state index is 9.96. The molecule has 0 saturated heterocycles. The maximum absolute atomic E-state index is 9.96. The van der Waals surface area contributed by atoms with Crippen LogP contribution in [0.4, 0.5) is 0 Å². The highest BCUT2D eigenvalue weighted by atomic mass is 15.0. The van der Waals surface area contributed by atoms with E-state index in [1.54, 1.807) is 0 Å². The lowest BCUT2D eigenvalue weighted by atomic mass is 10.0. The molecule has 0 aliphatic heterocycles.